The first-order valence-corrected chi connectivity index (χ1v) is 8.21. The molecule has 0 amide bonds. The SMILES string of the molecule is CC1(NS(=O)(=O)c2cc(CN)cs2)CCOCC1. The summed E-state index contributed by atoms with van der Waals surface area (Å²) in [7, 11) is -3.45. The summed E-state index contributed by atoms with van der Waals surface area (Å²) in [5.74, 6) is 0. The van der Waals surface area contributed by atoms with E-state index in [0.29, 0.717) is 36.8 Å². The Morgan fingerprint density at radius 2 is 2.17 bits per heavy atom. The second-order valence-electron chi connectivity index (χ2n) is 4.76. The molecule has 0 saturated carbocycles. The zero-order chi connectivity index (χ0) is 13.2. The van der Waals surface area contributed by atoms with E-state index in [-0.39, 0.29) is 0 Å². The molecule has 1 aliphatic heterocycles. The van der Waals surface area contributed by atoms with Gasteiger partial charge < -0.3 is 10.5 Å². The van der Waals surface area contributed by atoms with Crippen LogP contribution in [0.5, 0.6) is 0 Å². The molecule has 3 N–H and O–H groups in total. The van der Waals surface area contributed by atoms with E-state index in [1.165, 1.54) is 11.3 Å². The number of rotatable bonds is 4. The zero-order valence-electron chi connectivity index (χ0n) is 10.3. The van der Waals surface area contributed by atoms with Gasteiger partial charge in [-0.25, -0.2) is 13.1 Å². The van der Waals surface area contributed by atoms with Crippen LogP contribution >= 0.6 is 11.3 Å². The van der Waals surface area contributed by atoms with E-state index in [2.05, 4.69) is 4.72 Å². The Hall–Kier alpha value is -0.470. The van der Waals surface area contributed by atoms with Crippen LogP contribution in [0.4, 0.5) is 0 Å². The van der Waals surface area contributed by atoms with Gasteiger partial charge in [-0.05, 0) is 36.8 Å². The molecule has 0 spiro atoms. The van der Waals surface area contributed by atoms with Crippen molar-refractivity contribution in [3.8, 4) is 0 Å². The van der Waals surface area contributed by atoms with Crippen LogP contribution in [0.1, 0.15) is 25.3 Å². The Balaban J connectivity index is 2.16. The van der Waals surface area contributed by atoms with Crippen molar-refractivity contribution in [3.05, 3.63) is 17.0 Å². The van der Waals surface area contributed by atoms with Crippen molar-refractivity contribution in [2.24, 2.45) is 5.73 Å². The number of nitrogens with one attached hydrogen (secondary N) is 1. The van der Waals surface area contributed by atoms with Gasteiger partial charge in [0.25, 0.3) is 10.0 Å². The van der Waals surface area contributed by atoms with Gasteiger partial charge in [0, 0.05) is 25.3 Å². The van der Waals surface area contributed by atoms with Gasteiger partial charge in [-0.3, -0.25) is 0 Å². The van der Waals surface area contributed by atoms with Gasteiger partial charge in [-0.1, -0.05) is 0 Å². The van der Waals surface area contributed by atoms with Gasteiger partial charge in [0.1, 0.15) is 4.21 Å². The largest absolute Gasteiger partial charge is 0.381 e. The van der Waals surface area contributed by atoms with Crippen molar-refractivity contribution in [1.82, 2.24) is 4.72 Å². The van der Waals surface area contributed by atoms with Crippen molar-refractivity contribution in [1.29, 1.82) is 0 Å². The Bertz CT molecular complexity index is 504. The lowest BCUT2D eigenvalue weighted by atomic mass is 9.94. The normalized spacial score (nSPS) is 19.9. The summed E-state index contributed by atoms with van der Waals surface area (Å²) in [6, 6.07) is 1.63. The Morgan fingerprint density at radius 1 is 1.50 bits per heavy atom. The second-order valence-corrected chi connectivity index (χ2v) is 7.58. The molecule has 0 aliphatic carbocycles. The maximum Gasteiger partial charge on any atom is 0.250 e. The predicted octanol–water partition coefficient (Wildman–Crippen LogP) is 1.05. The minimum absolute atomic E-state index is 0.329. The Labute approximate surface area is 111 Å². The highest BCUT2D eigenvalue weighted by atomic mass is 32.2. The Morgan fingerprint density at radius 3 is 2.72 bits per heavy atom. The van der Waals surface area contributed by atoms with Crippen molar-refractivity contribution in [3.63, 3.8) is 0 Å². The van der Waals surface area contributed by atoms with E-state index in [1.807, 2.05) is 6.92 Å². The predicted molar refractivity (Wildman–Crippen MR) is 71.0 cm³/mol. The molecule has 1 aliphatic rings. The van der Waals surface area contributed by atoms with Crippen LogP contribution in [0.15, 0.2) is 15.7 Å². The molecule has 7 heteroatoms. The molecule has 18 heavy (non-hydrogen) atoms. The highest BCUT2D eigenvalue weighted by molar-refractivity contribution is 7.91. The quantitative estimate of drug-likeness (QED) is 0.868. The molecule has 0 unspecified atom stereocenters. The molecule has 2 rings (SSSR count). The number of nitrogens with two attached hydrogens (primary N) is 1. The molecule has 0 radical (unpaired) electrons. The molecule has 0 bridgehead atoms. The third kappa shape index (κ3) is 3.10. The van der Waals surface area contributed by atoms with Crippen LogP contribution < -0.4 is 10.5 Å². The average Bonchev–Trinajstić information content (AvgIpc) is 2.77. The topological polar surface area (TPSA) is 81.4 Å². The van der Waals surface area contributed by atoms with Crippen LogP contribution in [0.3, 0.4) is 0 Å². The zero-order valence-corrected chi connectivity index (χ0v) is 11.9. The summed E-state index contributed by atoms with van der Waals surface area (Å²) in [5.41, 5.74) is 5.92. The molecule has 102 valence electrons. The third-order valence-electron chi connectivity index (χ3n) is 3.11. The lowest BCUT2D eigenvalue weighted by Gasteiger charge is -2.33. The second kappa shape index (κ2) is 5.26. The van der Waals surface area contributed by atoms with E-state index in [4.69, 9.17) is 10.5 Å². The fourth-order valence-electron chi connectivity index (χ4n) is 1.90. The summed E-state index contributed by atoms with van der Waals surface area (Å²) in [4.78, 5) is 0. The van der Waals surface area contributed by atoms with Crippen LogP contribution in [0, 0.1) is 0 Å². The molecule has 1 saturated heterocycles. The molecule has 0 aromatic carbocycles. The third-order valence-corrected chi connectivity index (χ3v) is 6.23. The molecular formula is C11H18N2O3S2. The van der Waals surface area contributed by atoms with Gasteiger partial charge in [0.2, 0.25) is 0 Å². The number of ether oxygens (including phenoxy) is 1. The summed E-state index contributed by atoms with van der Waals surface area (Å²) in [6.07, 6.45) is 1.39. The van der Waals surface area contributed by atoms with Crippen molar-refractivity contribution >= 4 is 21.4 Å². The number of hydrogen-bond donors (Lipinski definition) is 2. The molecular weight excluding hydrogens is 272 g/mol. The van der Waals surface area contributed by atoms with Gasteiger partial charge >= 0.3 is 0 Å². The van der Waals surface area contributed by atoms with E-state index < -0.39 is 15.6 Å². The lowest BCUT2D eigenvalue weighted by molar-refractivity contribution is 0.0538. The van der Waals surface area contributed by atoms with E-state index in [1.54, 1.807) is 11.4 Å². The van der Waals surface area contributed by atoms with Gasteiger partial charge in [0.15, 0.2) is 0 Å². The fourth-order valence-corrected chi connectivity index (χ4v) is 4.59. The summed E-state index contributed by atoms with van der Waals surface area (Å²) >= 11 is 1.21. The van der Waals surface area contributed by atoms with Crippen LogP contribution in [-0.4, -0.2) is 27.2 Å². The molecule has 2 heterocycles. The van der Waals surface area contributed by atoms with Crippen LogP contribution in [0.2, 0.25) is 0 Å². The van der Waals surface area contributed by atoms with E-state index in [9.17, 15) is 8.42 Å². The van der Waals surface area contributed by atoms with Crippen LogP contribution in [-0.2, 0) is 21.3 Å². The fraction of sp³-hybridized carbons (Fsp3) is 0.636. The van der Waals surface area contributed by atoms with E-state index >= 15 is 0 Å². The first-order chi connectivity index (χ1) is 8.45. The molecule has 1 aromatic rings. The molecule has 1 fully saturated rings. The maximum atomic E-state index is 12.3. The number of sulfonamides is 1. The average molecular weight is 290 g/mol. The summed E-state index contributed by atoms with van der Waals surface area (Å²) < 4.78 is 32.9. The van der Waals surface area contributed by atoms with Crippen molar-refractivity contribution < 1.29 is 13.2 Å². The molecule has 0 atom stereocenters. The van der Waals surface area contributed by atoms with Gasteiger partial charge in [0.05, 0.1) is 0 Å². The minimum atomic E-state index is -3.45. The first kappa shape index (κ1) is 14.0. The lowest BCUT2D eigenvalue weighted by Crippen LogP contribution is -2.49. The highest BCUT2D eigenvalue weighted by Gasteiger charge is 2.33. The van der Waals surface area contributed by atoms with Crippen molar-refractivity contribution in [2.75, 3.05) is 13.2 Å². The Kier molecular flexibility index (Phi) is 4.08. The maximum absolute atomic E-state index is 12.3. The minimum Gasteiger partial charge on any atom is -0.381 e. The summed E-state index contributed by atoms with van der Waals surface area (Å²) in [5, 5.41) is 1.78. The molecule has 1 aromatic heterocycles. The van der Waals surface area contributed by atoms with E-state index in [0.717, 1.165) is 5.56 Å². The van der Waals surface area contributed by atoms with Gasteiger partial charge in [-0.15, -0.1) is 11.3 Å². The molecule has 5 nitrogen and oxygen atoms in total. The first-order valence-electron chi connectivity index (χ1n) is 5.84. The summed E-state index contributed by atoms with van der Waals surface area (Å²) in [6.45, 7) is 3.47. The van der Waals surface area contributed by atoms with Gasteiger partial charge in [-0.2, -0.15) is 0 Å². The highest BCUT2D eigenvalue weighted by Crippen LogP contribution is 2.25. The van der Waals surface area contributed by atoms with Crippen LogP contribution in [0.25, 0.3) is 0 Å². The standard InChI is InChI=1S/C11H18N2O3S2/c1-11(2-4-16-5-3-11)13-18(14,15)10-6-9(7-12)8-17-10/h6,8,13H,2-5,7,12H2,1H3. The number of hydrogen-bond acceptors (Lipinski definition) is 5. The smallest absolute Gasteiger partial charge is 0.250 e. The van der Waals surface area contributed by atoms with Crippen molar-refractivity contribution in [2.45, 2.75) is 36.1 Å². The number of thiophene rings is 1. The monoisotopic (exact) mass is 290 g/mol.